The molecule has 0 unspecified atom stereocenters. The number of aliphatic imine (C=N–C) groups is 1. The maximum absolute atomic E-state index is 13.8. The highest BCUT2D eigenvalue weighted by molar-refractivity contribution is 8.18. The molecule has 7 heteroatoms. The molecule has 1 amide bonds. The molecule has 5 nitrogen and oxygen atoms in total. The molecule has 0 atom stereocenters. The Morgan fingerprint density at radius 2 is 1.88 bits per heavy atom. The van der Waals surface area contributed by atoms with Crippen LogP contribution in [0, 0.1) is 5.82 Å². The van der Waals surface area contributed by atoms with Gasteiger partial charge >= 0.3 is 5.97 Å². The molecule has 25 heavy (non-hydrogen) atoms. The summed E-state index contributed by atoms with van der Waals surface area (Å²) >= 11 is 1.14. The Bertz CT molecular complexity index is 907. The van der Waals surface area contributed by atoms with Gasteiger partial charge in [0.15, 0.2) is 5.17 Å². The van der Waals surface area contributed by atoms with E-state index in [0.29, 0.717) is 21.3 Å². The fraction of sp³-hybridized carbons (Fsp3) is 0.0556. The van der Waals surface area contributed by atoms with Crippen LogP contribution in [-0.4, -0.2) is 34.1 Å². The van der Waals surface area contributed by atoms with Gasteiger partial charge in [-0.2, -0.15) is 0 Å². The third kappa shape index (κ3) is 3.61. The van der Waals surface area contributed by atoms with Crippen molar-refractivity contribution in [3.8, 4) is 0 Å². The van der Waals surface area contributed by atoms with Crippen molar-refractivity contribution in [1.82, 2.24) is 4.90 Å². The van der Waals surface area contributed by atoms with Gasteiger partial charge in [-0.1, -0.05) is 18.2 Å². The first-order valence-electron chi connectivity index (χ1n) is 7.30. The number of benzene rings is 2. The summed E-state index contributed by atoms with van der Waals surface area (Å²) in [7, 11) is 1.59. The first-order valence-corrected chi connectivity index (χ1v) is 8.11. The Labute approximate surface area is 147 Å². The Balaban J connectivity index is 1.88. The Morgan fingerprint density at radius 1 is 1.20 bits per heavy atom. The predicted molar refractivity (Wildman–Crippen MR) is 95.2 cm³/mol. The van der Waals surface area contributed by atoms with Crippen LogP contribution in [0.15, 0.2) is 58.4 Å². The van der Waals surface area contributed by atoms with Crippen molar-refractivity contribution in [1.29, 1.82) is 0 Å². The molecule has 0 bridgehead atoms. The quantitative estimate of drug-likeness (QED) is 0.850. The molecule has 1 aliphatic rings. The minimum Gasteiger partial charge on any atom is -0.478 e. The second kappa shape index (κ2) is 6.90. The zero-order valence-electron chi connectivity index (χ0n) is 13.1. The van der Waals surface area contributed by atoms with E-state index in [4.69, 9.17) is 5.11 Å². The molecule has 126 valence electrons. The zero-order valence-corrected chi connectivity index (χ0v) is 14.0. The molecule has 0 aliphatic carbocycles. The number of amidine groups is 1. The van der Waals surface area contributed by atoms with E-state index in [2.05, 4.69) is 4.99 Å². The third-order valence-corrected chi connectivity index (χ3v) is 4.59. The average molecular weight is 356 g/mol. The molecular formula is C18H13FN2O3S. The van der Waals surface area contributed by atoms with Gasteiger partial charge in [-0.3, -0.25) is 9.69 Å². The van der Waals surface area contributed by atoms with Crippen LogP contribution < -0.4 is 0 Å². The Morgan fingerprint density at radius 3 is 2.52 bits per heavy atom. The van der Waals surface area contributed by atoms with Crippen molar-refractivity contribution >= 4 is 40.6 Å². The van der Waals surface area contributed by atoms with Crippen LogP contribution in [0.5, 0.6) is 0 Å². The van der Waals surface area contributed by atoms with E-state index in [1.165, 1.54) is 29.2 Å². The molecule has 2 aromatic rings. The van der Waals surface area contributed by atoms with E-state index in [1.807, 2.05) is 0 Å². The van der Waals surface area contributed by atoms with Crippen molar-refractivity contribution in [2.24, 2.45) is 4.99 Å². The zero-order chi connectivity index (χ0) is 18.0. The van der Waals surface area contributed by atoms with Gasteiger partial charge in [0.25, 0.3) is 5.91 Å². The number of likely N-dealkylation sites (N-methyl/N-ethyl adjacent to an activating group) is 1. The van der Waals surface area contributed by atoms with Gasteiger partial charge in [-0.05, 0) is 48.2 Å². The second-order valence-corrected chi connectivity index (χ2v) is 6.25. The summed E-state index contributed by atoms with van der Waals surface area (Å²) in [6.07, 6.45) is 1.49. The van der Waals surface area contributed by atoms with Gasteiger partial charge in [0, 0.05) is 12.6 Å². The van der Waals surface area contributed by atoms with Crippen molar-refractivity contribution in [2.45, 2.75) is 0 Å². The van der Waals surface area contributed by atoms with Crippen LogP contribution in [0.4, 0.5) is 10.1 Å². The number of nitrogens with zero attached hydrogens (tertiary/aromatic N) is 2. The normalized spacial score (nSPS) is 17.5. The van der Waals surface area contributed by atoms with E-state index in [-0.39, 0.29) is 11.5 Å². The number of carbonyl (C=O) groups excluding carboxylic acids is 1. The first-order chi connectivity index (χ1) is 12.0. The maximum Gasteiger partial charge on any atom is 0.335 e. The fourth-order valence-corrected chi connectivity index (χ4v) is 3.15. The lowest BCUT2D eigenvalue weighted by Crippen LogP contribution is -2.23. The molecule has 1 fully saturated rings. The van der Waals surface area contributed by atoms with Crippen LogP contribution in [0.1, 0.15) is 15.9 Å². The smallest absolute Gasteiger partial charge is 0.335 e. The lowest BCUT2D eigenvalue weighted by Gasteiger charge is -2.07. The number of halogens is 1. The Kier molecular flexibility index (Phi) is 4.67. The summed E-state index contributed by atoms with van der Waals surface area (Å²) in [5.74, 6) is -1.69. The molecule has 1 saturated heterocycles. The van der Waals surface area contributed by atoms with Crippen LogP contribution >= 0.6 is 11.8 Å². The lowest BCUT2D eigenvalue weighted by atomic mass is 10.2. The summed E-state index contributed by atoms with van der Waals surface area (Å²) in [5, 5.41) is 9.34. The molecule has 1 aliphatic heterocycles. The number of rotatable bonds is 3. The van der Waals surface area contributed by atoms with Gasteiger partial charge in [0.05, 0.1) is 16.2 Å². The molecule has 0 spiro atoms. The maximum atomic E-state index is 13.8. The number of carbonyl (C=O) groups is 2. The van der Waals surface area contributed by atoms with E-state index in [0.717, 1.165) is 11.8 Å². The fourth-order valence-electron chi connectivity index (χ4n) is 2.17. The highest BCUT2D eigenvalue weighted by Gasteiger charge is 2.30. The molecule has 0 radical (unpaired) electrons. The van der Waals surface area contributed by atoms with Crippen LogP contribution in [0.25, 0.3) is 6.08 Å². The summed E-state index contributed by atoms with van der Waals surface area (Å²) in [5.41, 5.74) is 1.02. The number of amides is 1. The standard InChI is InChI=1S/C18H13FN2O3S/c1-21-16(22)15(10-12-4-2-3-5-14(12)19)25-18(21)20-13-8-6-11(7-9-13)17(23)24/h2-10H,1H3,(H,23,24)/b15-10-,20-18?. The topological polar surface area (TPSA) is 70.0 Å². The van der Waals surface area contributed by atoms with Gasteiger partial charge < -0.3 is 5.11 Å². The van der Waals surface area contributed by atoms with Crippen molar-refractivity contribution in [3.05, 3.63) is 70.4 Å². The molecule has 1 N–H and O–H groups in total. The molecule has 0 aromatic heterocycles. The number of hydrogen-bond donors (Lipinski definition) is 1. The molecular weight excluding hydrogens is 343 g/mol. The monoisotopic (exact) mass is 356 g/mol. The van der Waals surface area contributed by atoms with Gasteiger partial charge in [-0.25, -0.2) is 14.2 Å². The number of hydrogen-bond acceptors (Lipinski definition) is 4. The molecule has 2 aromatic carbocycles. The number of carboxylic acid groups (broad SMARTS) is 1. The predicted octanol–water partition coefficient (Wildman–Crippen LogP) is 3.76. The molecule has 0 saturated carbocycles. The van der Waals surface area contributed by atoms with Crippen LogP contribution in [0.3, 0.4) is 0 Å². The number of carboxylic acids is 1. The van der Waals surface area contributed by atoms with Gasteiger partial charge in [-0.15, -0.1) is 0 Å². The Hall–Kier alpha value is -2.93. The summed E-state index contributed by atoms with van der Waals surface area (Å²) in [6.45, 7) is 0. The number of thioether (sulfide) groups is 1. The van der Waals surface area contributed by atoms with Gasteiger partial charge in [0.1, 0.15) is 5.82 Å². The van der Waals surface area contributed by atoms with Gasteiger partial charge in [0.2, 0.25) is 0 Å². The van der Waals surface area contributed by atoms with E-state index in [1.54, 1.807) is 37.4 Å². The highest BCUT2D eigenvalue weighted by Crippen LogP contribution is 2.33. The largest absolute Gasteiger partial charge is 0.478 e. The first kappa shape index (κ1) is 16.9. The van der Waals surface area contributed by atoms with Crippen molar-refractivity contribution < 1.29 is 19.1 Å². The van der Waals surface area contributed by atoms with Crippen LogP contribution in [0.2, 0.25) is 0 Å². The van der Waals surface area contributed by atoms with Crippen molar-refractivity contribution in [3.63, 3.8) is 0 Å². The van der Waals surface area contributed by atoms with E-state index < -0.39 is 11.8 Å². The van der Waals surface area contributed by atoms with E-state index >= 15 is 0 Å². The lowest BCUT2D eigenvalue weighted by molar-refractivity contribution is -0.121. The second-order valence-electron chi connectivity index (χ2n) is 5.24. The SMILES string of the molecule is CN1C(=O)/C(=C/c2ccccc2F)SC1=Nc1ccc(C(=O)O)cc1. The molecule has 3 rings (SSSR count). The third-order valence-electron chi connectivity index (χ3n) is 3.53. The van der Waals surface area contributed by atoms with Crippen LogP contribution in [-0.2, 0) is 4.79 Å². The minimum absolute atomic E-state index is 0.160. The summed E-state index contributed by atoms with van der Waals surface area (Å²) in [4.78, 5) is 29.3. The highest BCUT2D eigenvalue weighted by atomic mass is 32.2. The number of aromatic carboxylic acids is 1. The summed E-state index contributed by atoms with van der Waals surface area (Å²) < 4.78 is 13.8. The average Bonchev–Trinajstić information content (AvgIpc) is 2.85. The molecule has 1 heterocycles. The summed E-state index contributed by atoms with van der Waals surface area (Å²) in [6, 6.07) is 12.2. The van der Waals surface area contributed by atoms with E-state index in [9.17, 15) is 14.0 Å². The van der Waals surface area contributed by atoms with Crippen molar-refractivity contribution in [2.75, 3.05) is 7.05 Å². The minimum atomic E-state index is -1.02.